The third kappa shape index (κ3) is 5.56. The molecule has 26 heavy (non-hydrogen) atoms. The van der Waals surface area contributed by atoms with E-state index in [4.69, 9.17) is 4.74 Å². The van der Waals surface area contributed by atoms with Gasteiger partial charge in [-0.15, -0.1) is 0 Å². The van der Waals surface area contributed by atoms with Gasteiger partial charge in [0.1, 0.15) is 11.6 Å². The van der Waals surface area contributed by atoms with E-state index in [1.807, 2.05) is 13.0 Å². The van der Waals surface area contributed by atoms with Crippen molar-refractivity contribution >= 4 is 33.4 Å². The Morgan fingerprint density at radius 2 is 1.88 bits per heavy atom. The van der Waals surface area contributed by atoms with Crippen molar-refractivity contribution in [3.05, 3.63) is 58.3 Å². The molecule has 7 heteroatoms. The maximum absolute atomic E-state index is 13.1. The number of halogens is 2. The van der Waals surface area contributed by atoms with Crippen molar-refractivity contribution in [2.45, 2.75) is 32.9 Å². The summed E-state index contributed by atoms with van der Waals surface area (Å²) in [4.78, 5) is 23.5. The number of hydrogen-bond donors (Lipinski definition) is 2. The summed E-state index contributed by atoms with van der Waals surface area (Å²) >= 11 is 3.21. The summed E-state index contributed by atoms with van der Waals surface area (Å²) in [7, 11) is 0. The zero-order valence-corrected chi connectivity index (χ0v) is 16.3. The number of carbonyl (C=O) groups excluding carboxylic acids is 2. The maximum Gasteiger partial charge on any atom is 0.261 e. The average molecular weight is 423 g/mol. The van der Waals surface area contributed by atoms with Crippen LogP contribution in [-0.4, -0.2) is 17.9 Å². The van der Waals surface area contributed by atoms with Crippen molar-refractivity contribution in [3.63, 3.8) is 0 Å². The fourth-order valence-corrected chi connectivity index (χ4v) is 2.76. The normalized spacial score (nSPS) is 12.8. The van der Waals surface area contributed by atoms with E-state index in [0.717, 1.165) is 5.56 Å². The van der Waals surface area contributed by atoms with Crippen LogP contribution in [0.3, 0.4) is 0 Å². The highest BCUT2D eigenvalue weighted by Gasteiger charge is 2.19. The van der Waals surface area contributed by atoms with Gasteiger partial charge in [-0.25, -0.2) is 4.39 Å². The van der Waals surface area contributed by atoms with Crippen LogP contribution in [0.25, 0.3) is 0 Å². The number of anilines is 1. The molecule has 0 radical (unpaired) electrons. The highest BCUT2D eigenvalue weighted by molar-refractivity contribution is 9.10. The van der Waals surface area contributed by atoms with Crippen molar-refractivity contribution in [2.75, 3.05) is 5.32 Å². The van der Waals surface area contributed by atoms with Gasteiger partial charge in [-0.3, -0.25) is 9.59 Å². The quantitative estimate of drug-likeness (QED) is 0.732. The first-order valence-corrected chi connectivity index (χ1v) is 8.85. The van der Waals surface area contributed by atoms with Gasteiger partial charge < -0.3 is 15.4 Å². The van der Waals surface area contributed by atoms with Crippen molar-refractivity contribution in [1.82, 2.24) is 5.32 Å². The number of carbonyl (C=O) groups is 2. The second-order valence-electron chi connectivity index (χ2n) is 5.87. The highest BCUT2D eigenvalue weighted by Crippen LogP contribution is 2.26. The van der Waals surface area contributed by atoms with Crippen LogP contribution in [0.2, 0.25) is 0 Å². The lowest BCUT2D eigenvalue weighted by molar-refractivity contribution is -0.128. The third-order valence-electron chi connectivity index (χ3n) is 3.63. The van der Waals surface area contributed by atoms with Crippen LogP contribution in [-0.2, 0) is 9.59 Å². The Labute approximate surface area is 160 Å². The van der Waals surface area contributed by atoms with Crippen molar-refractivity contribution < 1.29 is 18.7 Å². The van der Waals surface area contributed by atoms with E-state index in [1.165, 1.54) is 25.1 Å². The van der Waals surface area contributed by atoms with Gasteiger partial charge in [0.25, 0.3) is 5.91 Å². The summed E-state index contributed by atoms with van der Waals surface area (Å²) in [5.41, 5.74) is 1.51. The molecular weight excluding hydrogens is 403 g/mol. The highest BCUT2D eigenvalue weighted by atomic mass is 79.9. The van der Waals surface area contributed by atoms with Crippen LogP contribution in [0.15, 0.2) is 46.9 Å². The van der Waals surface area contributed by atoms with E-state index < -0.39 is 11.9 Å². The van der Waals surface area contributed by atoms with E-state index in [9.17, 15) is 14.0 Å². The number of benzene rings is 2. The van der Waals surface area contributed by atoms with E-state index in [0.29, 0.717) is 15.9 Å². The van der Waals surface area contributed by atoms with Crippen molar-refractivity contribution in [2.24, 2.45) is 0 Å². The SMILES string of the molecule is CC(=O)Nc1cccc([C@@H](C)NC(=O)[C@H](C)Oc2ccc(F)cc2Br)c1. The first kappa shape index (κ1) is 19.9. The minimum atomic E-state index is -0.766. The van der Waals surface area contributed by atoms with E-state index >= 15 is 0 Å². The Balaban J connectivity index is 2.00. The van der Waals surface area contributed by atoms with Crippen LogP contribution in [0, 0.1) is 5.82 Å². The lowest BCUT2D eigenvalue weighted by Gasteiger charge is -2.20. The molecule has 2 rings (SSSR count). The van der Waals surface area contributed by atoms with E-state index in [2.05, 4.69) is 26.6 Å². The third-order valence-corrected chi connectivity index (χ3v) is 4.25. The van der Waals surface area contributed by atoms with Crippen LogP contribution in [0.1, 0.15) is 32.4 Å². The van der Waals surface area contributed by atoms with Crippen LogP contribution in [0.4, 0.5) is 10.1 Å². The zero-order valence-electron chi connectivity index (χ0n) is 14.7. The summed E-state index contributed by atoms with van der Waals surface area (Å²) in [6, 6.07) is 11.0. The van der Waals surface area contributed by atoms with Gasteiger partial charge in [-0.05, 0) is 65.7 Å². The van der Waals surface area contributed by atoms with Gasteiger partial charge in [-0.1, -0.05) is 12.1 Å². The van der Waals surface area contributed by atoms with Crippen molar-refractivity contribution in [1.29, 1.82) is 0 Å². The standard InChI is InChI=1S/C19H20BrFN2O3/c1-11(14-5-4-6-16(9-14)23-13(3)24)22-19(25)12(2)26-18-8-7-15(21)10-17(18)20/h4-12H,1-3H3,(H,22,25)(H,23,24)/t11-,12+/m1/s1. The molecule has 0 unspecified atom stereocenters. The summed E-state index contributed by atoms with van der Waals surface area (Å²) in [5.74, 6) is -0.479. The molecular formula is C19H20BrFN2O3. The lowest BCUT2D eigenvalue weighted by atomic mass is 10.1. The van der Waals surface area contributed by atoms with Crippen LogP contribution >= 0.6 is 15.9 Å². The molecule has 0 bridgehead atoms. The molecule has 2 aromatic rings. The molecule has 5 nitrogen and oxygen atoms in total. The molecule has 0 aliphatic rings. The molecule has 2 atom stereocenters. The molecule has 2 amide bonds. The number of hydrogen-bond acceptors (Lipinski definition) is 3. The van der Waals surface area contributed by atoms with Gasteiger partial charge >= 0.3 is 0 Å². The van der Waals surface area contributed by atoms with Gasteiger partial charge in [0.15, 0.2) is 6.10 Å². The predicted molar refractivity (Wildman–Crippen MR) is 101 cm³/mol. The molecule has 138 valence electrons. The van der Waals surface area contributed by atoms with Gasteiger partial charge in [0.05, 0.1) is 10.5 Å². The largest absolute Gasteiger partial charge is 0.480 e. The van der Waals surface area contributed by atoms with E-state index in [1.54, 1.807) is 25.1 Å². The lowest BCUT2D eigenvalue weighted by Crippen LogP contribution is -2.37. The molecule has 0 spiro atoms. The summed E-state index contributed by atoms with van der Waals surface area (Å²) in [6.45, 7) is 4.89. The maximum atomic E-state index is 13.1. The van der Waals surface area contributed by atoms with Crippen LogP contribution in [0.5, 0.6) is 5.75 Å². The molecule has 0 aliphatic heterocycles. The number of rotatable bonds is 6. The first-order chi connectivity index (χ1) is 12.3. The topological polar surface area (TPSA) is 67.4 Å². The number of ether oxygens (including phenoxy) is 1. The molecule has 0 aromatic heterocycles. The minimum Gasteiger partial charge on any atom is -0.480 e. The Morgan fingerprint density at radius 1 is 1.15 bits per heavy atom. The van der Waals surface area contributed by atoms with Crippen molar-refractivity contribution in [3.8, 4) is 5.75 Å². The smallest absolute Gasteiger partial charge is 0.261 e. The average Bonchev–Trinajstić information content (AvgIpc) is 2.56. The summed E-state index contributed by atoms with van der Waals surface area (Å²) < 4.78 is 19.2. The Bertz CT molecular complexity index is 813. The molecule has 0 heterocycles. The Morgan fingerprint density at radius 3 is 2.54 bits per heavy atom. The van der Waals surface area contributed by atoms with Crippen LogP contribution < -0.4 is 15.4 Å². The summed E-state index contributed by atoms with van der Waals surface area (Å²) in [6.07, 6.45) is -0.766. The summed E-state index contributed by atoms with van der Waals surface area (Å²) in [5, 5.41) is 5.57. The fraction of sp³-hybridized carbons (Fsp3) is 0.263. The molecule has 0 fully saturated rings. The van der Waals surface area contributed by atoms with Gasteiger partial charge in [0.2, 0.25) is 5.91 Å². The predicted octanol–water partition coefficient (Wildman–Crippen LogP) is 4.19. The molecule has 2 aromatic carbocycles. The number of nitrogens with one attached hydrogen (secondary N) is 2. The second-order valence-corrected chi connectivity index (χ2v) is 6.73. The minimum absolute atomic E-state index is 0.161. The molecule has 0 saturated heterocycles. The van der Waals surface area contributed by atoms with Gasteiger partial charge in [0, 0.05) is 12.6 Å². The Kier molecular flexibility index (Phi) is 6.74. The monoisotopic (exact) mass is 422 g/mol. The molecule has 0 saturated carbocycles. The first-order valence-electron chi connectivity index (χ1n) is 8.06. The number of amides is 2. The van der Waals surface area contributed by atoms with E-state index in [-0.39, 0.29) is 17.9 Å². The fourth-order valence-electron chi connectivity index (χ4n) is 2.32. The zero-order chi connectivity index (χ0) is 19.3. The second kappa shape index (κ2) is 8.80. The molecule has 0 aliphatic carbocycles. The molecule has 2 N–H and O–H groups in total. The Hall–Kier alpha value is -2.41. The van der Waals surface area contributed by atoms with Gasteiger partial charge in [-0.2, -0.15) is 0 Å².